The van der Waals surface area contributed by atoms with Gasteiger partial charge < -0.3 is 10.2 Å². The summed E-state index contributed by atoms with van der Waals surface area (Å²) in [5, 5.41) is 0.885. The van der Waals surface area contributed by atoms with E-state index in [2.05, 4.69) is 4.98 Å². The molecule has 0 aliphatic carbocycles. The fourth-order valence-electron chi connectivity index (χ4n) is 1.82. The number of furan rings is 1. The standard InChI is InChI=1S/C14H10N2O2/c15-10-5-3-7-16-13(10)14(17)12-8-9-4-1-2-6-11(9)18-12/h1-8H,15H2. The summed E-state index contributed by atoms with van der Waals surface area (Å²) in [6.45, 7) is 0. The Morgan fingerprint density at radius 2 is 2.00 bits per heavy atom. The zero-order valence-electron chi connectivity index (χ0n) is 9.46. The second kappa shape index (κ2) is 4.00. The minimum atomic E-state index is -0.302. The van der Waals surface area contributed by atoms with E-state index in [1.54, 1.807) is 18.2 Å². The number of carbonyl (C=O) groups excluding carboxylic acids is 1. The van der Waals surface area contributed by atoms with Crippen LogP contribution < -0.4 is 5.73 Å². The highest BCUT2D eigenvalue weighted by atomic mass is 16.3. The van der Waals surface area contributed by atoms with Crippen molar-refractivity contribution < 1.29 is 9.21 Å². The number of aromatic nitrogens is 1. The zero-order chi connectivity index (χ0) is 12.5. The number of pyridine rings is 1. The molecule has 4 heteroatoms. The van der Waals surface area contributed by atoms with Gasteiger partial charge in [-0.25, -0.2) is 0 Å². The summed E-state index contributed by atoms with van der Waals surface area (Å²) in [5.74, 6) is -0.0501. The van der Waals surface area contributed by atoms with Crippen molar-refractivity contribution in [3.8, 4) is 0 Å². The van der Waals surface area contributed by atoms with Gasteiger partial charge in [0.1, 0.15) is 11.3 Å². The van der Waals surface area contributed by atoms with Crippen molar-refractivity contribution in [2.45, 2.75) is 0 Å². The number of ketones is 1. The molecule has 0 atom stereocenters. The van der Waals surface area contributed by atoms with E-state index in [4.69, 9.17) is 10.2 Å². The van der Waals surface area contributed by atoms with Gasteiger partial charge >= 0.3 is 0 Å². The molecule has 1 aromatic carbocycles. The lowest BCUT2D eigenvalue weighted by Crippen LogP contribution is -2.06. The van der Waals surface area contributed by atoms with Crippen LogP contribution in [0.3, 0.4) is 0 Å². The molecule has 0 saturated carbocycles. The molecule has 2 N–H and O–H groups in total. The van der Waals surface area contributed by atoms with Crippen molar-refractivity contribution in [1.82, 2.24) is 4.98 Å². The molecule has 0 saturated heterocycles. The fraction of sp³-hybridized carbons (Fsp3) is 0. The quantitative estimate of drug-likeness (QED) is 0.697. The second-order valence-electron chi connectivity index (χ2n) is 3.92. The third kappa shape index (κ3) is 1.64. The normalized spacial score (nSPS) is 10.7. The first-order valence-corrected chi connectivity index (χ1v) is 5.49. The lowest BCUT2D eigenvalue weighted by atomic mass is 10.1. The Morgan fingerprint density at radius 1 is 1.17 bits per heavy atom. The van der Waals surface area contributed by atoms with Gasteiger partial charge in [0.05, 0.1) is 5.69 Å². The third-order valence-electron chi connectivity index (χ3n) is 2.70. The Bertz CT molecular complexity index is 698. The summed E-state index contributed by atoms with van der Waals surface area (Å²) in [7, 11) is 0. The highest BCUT2D eigenvalue weighted by Crippen LogP contribution is 2.22. The van der Waals surface area contributed by atoms with Gasteiger partial charge in [-0.05, 0) is 24.3 Å². The summed E-state index contributed by atoms with van der Waals surface area (Å²) < 4.78 is 5.49. The lowest BCUT2D eigenvalue weighted by Gasteiger charge is -1.99. The molecule has 18 heavy (non-hydrogen) atoms. The molecular formula is C14H10N2O2. The highest BCUT2D eigenvalue weighted by molar-refractivity contribution is 6.10. The third-order valence-corrected chi connectivity index (χ3v) is 2.70. The van der Waals surface area contributed by atoms with Crippen LogP contribution in [0, 0.1) is 0 Å². The van der Waals surface area contributed by atoms with E-state index in [1.807, 2.05) is 24.3 Å². The van der Waals surface area contributed by atoms with Crippen LogP contribution in [0.4, 0.5) is 5.69 Å². The minimum Gasteiger partial charge on any atom is -0.453 e. The van der Waals surface area contributed by atoms with E-state index < -0.39 is 0 Å². The molecule has 0 bridgehead atoms. The number of fused-ring (bicyclic) bond motifs is 1. The van der Waals surface area contributed by atoms with Crippen molar-refractivity contribution in [1.29, 1.82) is 0 Å². The Balaban J connectivity index is 2.10. The molecule has 0 amide bonds. The van der Waals surface area contributed by atoms with Gasteiger partial charge in [-0.3, -0.25) is 9.78 Å². The molecule has 2 heterocycles. The molecule has 0 aliphatic rings. The molecule has 0 aliphatic heterocycles. The molecule has 0 unspecified atom stereocenters. The van der Waals surface area contributed by atoms with Crippen molar-refractivity contribution in [2.24, 2.45) is 0 Å². The van der Waals surface area contributed by atoms with Crippen LogP contribution >= 0.6 is 0 Å². The van der Waals surface area contributed by atoms with Crippen LogP contribution in [0.25, 0.3) is 11.0 Å². The van der Waals surface area contributed by atoms with Crippen molar-refractivity contribution in [3.05, 3.63) is 60.1 Å². The van der Waals surface area contributed by atoms with Crippen LogP contribution in [0.1, 0.15) is 16.2 Å². The summed E-state index contributed by atoms with van der Waals surface area (Å²) in [6.07, 6.45) is 1.53. The van der Waals surface area contributed by atoms with Gasteiger partial charge in [0.15, 0.2) is 5.76 Å². The van der Waals surface area contributed by atoms with Crippen LogP contribution in [0.15, 0.2) is 53.1 Å². The van der Waals surface area contributed by atoms with E-state index in [0.29, 0.717) is 11.3 Å². The van der Waals surface area contributed by atoms with Gasteiger partial charge in [0, 0.05) is 11.6 Å². The van der Waals surface area contributed by atoms with E-state index >= 15 is 0 Å². The minimum absolute atomic E-state index is 0.219. The Labute approximate surface area is 103 Å². The van der Waals surface area contributed by atoms with E-state index in [9.17, 15) is 4.79 Å². The number of hydrogen-bond acceptors (Lipinski definition) is 4. The van der Waals surface area contributed by atoms with Crippen LogP contribution in [0.2, 0.25) is 0 Å². The predicted molar refractivity (Wildman–Crippen MR) is 68.3 cm³/mol. The first-order chi connectivity index (χ1) is 8.75. The molecule has 4 nitrogen and oxygen atoms in total. The number of para-hydroxylation sites is 1. The smallest absolute Gasteiger partial charge is 0.248 e. The first-order valence-electron chi connectivity index (χ1n) is 5.49. The van der Waals surface area contributed by atoms with Crippen LogP contribution in [0.5, 0.6) is 0 Å². The fourth-order valence-corrected chi connectivity index (χ4v) is 1.82. The molecule has 0 fully saturated rings. The summed E-state index contributed by atoms with van der Waals surface area (Å²) in [4.78, 5) is 16.2. The van der Waals surface area contributed by atoms with Crippen molar-refractivity contribution >= 4 is 22.4 Å². The topological polar surface area (TPSA) is 69.1 Å². The average molecular weight is 238 g/mol. The number of anilines is 1. The van der Waals surface area contributed by atoms with E-state index in [-0.39, 0.29) is 17.2 Å². The SMILES string of the molecule is Nc1cccnc1C(=O)c1cc2ccccc2o1. The van der Waals surface area contributed by atoms with E-state index in [1.165, 1.54) is 6.20 Å². The number of hydrogen-bond donors (Lipinski definition) is 1. The summed E-state index contributed by atoms with van der Waals surface area (Å²) >= 11 is 0. The molecule has 2 aromatic heterocycles. The maximum Gasteiger partial charge on any atom is 0.248 e. The Kier molecular flexibility index (Phi) is 2.34. The van der Waals surface area contributed by atoms with Gasteiger partial charge in [-0.2, -0.15) is 0 Å². The Morgan fingerprint density at radius 3 is 2.78 bits per heavy atom. The molecule has 88 valence electrons. The first kappa shape index (κ1) is 10.5. The zero-order valence-corrected chi connectivity index (χ0v) is 9.46. The van der Waals surface area contributed by atoms with Crippen molar-refractivity contribution in [2.75, 3.05) is 5.73 Å². The number of nitrogen functional groups attached to an aromatic ring is 1. The monoisotopic (exact) mass is 238 g/mol. The lowest BCUT2D eigenvalue weighted by molar-refractivity contribution is 0.101. The number of carbonyl (C=O) groups is 1. The molecule has 3 aromatic rings. The number of rotatable bonds is 2. The number of benzene rings is 1. The second-order valence-corrected chi connectivity index (χ2v) is 3.92. The largest absolute Gasteiger partial charge is 0.453 e. The van der Waals surface area contributed by atoms with Gasteiger partial charge in [-0.1, -0.05) is 18.2 Å². The van der Waals surface area contributed by atoms with Gasteiger partial charge in [0.2, 0.25) is 5.78 Å². The number of nitrogens with zero attached hydrogens (tertiary/aromatic N) is 1. The maximum absolute atomic E-state index is 12.2. The maximum atomic E-state index is 12.2. The van der Waals surface area contributed by atoms with Crippen LogP contribution in [-0.2, 0) is 0 Å². The molecule has 0 radical (unpaired) electrons. The van der Waals surface area contributed by atoms with E-state index in [0.717, 1.165) is 5.39 Å². The van der Waals surface area contributed by atoms with Crippen LogP contribution in [-0.4, -0.2) is 10.8 Å². The predicted octanol–water partition coefficient (Wildman–Crippen LogP) is 2.64. The number of nitrogens with two attached hydrogens (primary N) is 1. The highest BCUT2D eigenvalue weighted by Gasteiger charge is 2.17. The summed E-state index contributed by atoms with van der Waals surface area (Å²) in [5.41, 5.74) is 6.97. The van der Waals surface area contributed by atoms with Gasteiger partial charge in [0.25, 0.3) is 0 Å². The average Bonchev–Trinajstić information content (AvgIpc) is 2.82. The molecule has 0 spiro atoms. The Hall–Kier alpha value is -2.62. The van der Waals surface area contributed by atoms with Crippen molar-refractivity contribution in [3.63, 3.8) is 0 Å². The molecular weight excluding hydrogens is 228 g/mol. The molecule has 3 rings (SSSR count). The summed E-state index contributed by atoms with van der Waals surface area (Å²) in [6, 6.07) is 12.5. The van der Waals surface area contributed by atoms with Gasteiger partial charge in [-0.15, -0.1) is 0 Å².